The van der Waals surface area contributed by atoms with E-state index in [1.54, 1.807) is 0 Å². The zero-order valence-electron chi connectivity index (χ0n) is 35.0. The van der Waals surface area contributed by atoms with Crippen molar-refractivity contribution in [1.29, 1.82) is 0 Å². The molecule has 300 valence electrons. The van der Waals surface area contributed by atoms with Crippen molar-refractivity contribution in [2.75, 3.05) is 4.90 Å². The second-order valence-corrected chi connectivity index (χ2v) is 16.4. The van der Waals surface area contributed by atoms with Crippen LogP contribution >= 0.6 is 0 Å². The first kappa shape index (κ1) is 37.3. The third kappa shape index (κ3) is 6.35. The van der Waals surface area contributed by atoms with Crippen LogP contribution in [0.15, 0.2) is 253 Å². The summed E-state index contributed by atoms with van der Waals surface area (Å²) >= 11 is 0. The van der Waals surface area contributed by atoms with Gasteiger partial charge < -0.3 is 9.32 Å². The maximum atomic E-state index is 6.33. The van der Waals surface area contributed by atoms with E-state index in [-0.39, 0.29) is 0 Å². The summed E-state index contributed by atoms with van der Waals surface area (Å²) in [6.07, 6.45) is 0. The topological polar surface area (TPSA) is 16.4 Å². The van der Waals surface area contributed by atoms with Crippen LogP contribution in [0.25, 0.3) is 99.1 Å². The van der Waals surface area contributed by atoms with Crippen LogP contribution in [-0.4, -0.2) is 0 Å². The summed E-state index contributed by atoms with van der Waals surface area (Å²) in [5.41, 5.74) is 16.7. The van der Waals surface area contributed by atoms with Gasteiger partial charge in [-0.05, 0) is 102 Å². The minimum Gasteiger partial charge on any atom is -0.456 e. The van der Waals surface area contributed by atoms with E-state index >= 15 is 0 Å². The lowest BCUT2D eigenvalue weighted by molar-refractivity contribution is 0.669. The molecule has 12 aromatic rings. The summed E-state index contributed by atoms with van der Waals surface area (Å²) in [6.45, 7) is 0. The van der Waals surface area contributed by atoms with Crippen molar-refractivity contribution >= 4 is 60.5 Å². The third-order valence-electron chi connectivity index (χ3n) is 12.7. The molecule has 0 aliphatic heterocycles. The fourth-order valence-electron chi connectivity index (χ4n) is 9.83. The van der Waals surface area contributed by atoms with Crippen molar-refractivity contribution in [2.45, 2.75) is 0 Å². The van der Waals surface area contributed by atoms with Gasteiger partial charge in [0.15, 0.2) is 0 Å². The lowest BCUT2D eigenvalue weighted by atomic mass is 9.84. The molecule has 1 aromatic heterocycles. The van der Waals surface area contributed by atoms with Gasteiger partial charge in [-0.3, -0.25) is 0 Å². The molecule has 2 heteroatoms. The molecule has 0 fully saturated rings. The smallest absolute Gasteiger partial charge is 0.136 e. The maximum Gasteiger partial charge on any atom is 0.136 e. The lowest BCUT2D eigenvalue weighted by Crippen LogP contribution is -2.13. The van der Waals surface area contributed by atoms with Crippen LogP contribution < -0.4 is 4.90 Å². The Labute approximate surface area is 372 Å². The van der Waals surface area contributed by atoms with Crippen LogP contribution in [-0.2, 0) is 0 Å². The summed E-state index contributed by atoms with van der Waals surface area (Å²) in [7, 11) is 0. The monoisotopic (exact) mass is 815 g/mol. The molecule has 0 unspecified atom stereocenters. The van der Waals surface area contributed by atoms with Crippen LogP contribution in [0.3, 0.4) is 0 Å². The molecule has 0 N–H and O–H groups in total. The average molecular weight is 816 g/mol. The van der Waals surface area contributed by atoms with Gasteiger partial charge in [0.2, 0.25) is 0 Å². The minimum atomic E-state index is 0.890. The van der Waals surface area contributed by atoms with E-state index in [0.717, 1.165) is 72.4 Å². The normalized spacial score (nSPS) is 11.4. The van der Waals surface area contributed by atoms with Gasteiger partial charge in [0, 0.05) is 33.3 Å². The molecule has 1 heterocycles. The molecule has 0 saturated carbocycles. The van der Waals surface area contributed by atoms with Gasteiger partial charge in [0.25, 0.3) is 0 Å². The first-order chi connectivity index (χ1) is 31.8. The van der Waals surface area contributed by atoms with Gasteiger partial charge in [-0.25, -0.2) is 0 Å². The molecule has 0 aliphatic rings. The van der Waals surface area contributed by atoms with Crippen molar-refractivity contribution in [3.8, 4) is 55.6 Å². The first-order valence-electron chi connectivity index (χ1n) is 21.9. The average Bonchev–Trinajstić information content (AvgIpc) is 3.76. The predicted octanol–water partition coefficient (Wildman–Crippen LogP) is 17.7. The highest BCUT2D eigenvalue weighted by Crippen LogP contribution is 2.50. The van der Waals surface area contributed by atoms with Crippen molar-refractivity contribution in [3.63, 3.8) is 0 Å². The maximum absolute atomic E-state index is 6.33. The van der Waals surface area contributed by atoms with E-state index in [1.165, 1.54) is 43.8 Å². The fourth-order valence-corrected chi connectivity index (χ4v) is 9.83. The summed E-state index contributed by atoms with van der Waals surface area (Å²) in [4.78, 5) is 2.48. The van der Waals surface area contributed by atoms with Gasteiger partial charge in [0.05, 0.1) is 5.69 Å². The Morgan fingerprint density at radius 3 is 1.33 bits per heavy atom. The van der Waals surface area contributed by atoms with E-state index in [2.05, 4.69) is 241 Å². The number of fused-ring (bicyclic) bond motifs is 6. The largest absolute Gasteiger partial charge is 0.456 e. The Balaban J connectivity index is 1.16. The van der Waals surface area contributed by atoms with Gasteiger partial charge in [-0.1, -0.05) is 212 Å². The van der Waals surface area contributed by atoms with Gasteiger partial charge >= 0.3 is 0 Å². The molecule has 2 nitrogen and oxygen atoms in total. The van der Waals surface area contributed by atoms with Gasteiger partial charge in [-0.2, -0.15) is 0 Å². The number of nitrogens with zero attached hydrogens (tertiary/aromatic N) is 1. The van der Waals surface area contributed by atoms with E-state index in [9.17, 15) is 0 Å². The Morgan fingerprint density at radius 2 is 0.703 bits per heavy atom. The molecule has 0 aliphatic carbocycles. The molecule has 12 rings (SSSR count). The number of rotatable bonds is 8. The summed E-state index contributed by atoms with van der Waals surface area (Å²) in [5.74, 6) is 0. The standard InChI is InChI=1S/C62H41NO/c1-5-19-42(20-6-1)50-31-17-32-51(43-21-7-2-8-22-43)62(50)63(47-37-35-44(36-38-47)49-30-18-34-58-61(49)55-29-15-16-33-57(55)64-58)48-39-40-53-52-27-13-14-28-54(52)59(45-23-9-3-10-24-45)60(56(53)41-48)46-25-11-4-12-26-46/h1-41H. The van der Waals surface area contributed by atoms with Crippen LogP contribution in [0.1, 0.15) is 0 Å². The van der Waals surface area contributed by atoms with Crippen LogP contribution in [0.2, 0.25) is 0 Å². The SMILES string of the molecule is c1ccc(-c2cccc(-c3ccccc3)c2N(c2ccc(-c3cccc4oc5ccccc5c34)cc2)c2ccc3c(c2)c(-c2ccccc2)c(-c2ccccc2)c2ccccc23)cc1. The second-order valence-electron chi connectivity index (χ2n) is 16.4. The van der Waals surface area contributed by atoms with Crippen LogP contribution in [0.5, 0.6) is 0 Å². The molecule has 0 radical (unpaired) electrons. The number of anilines is 3. The van der Waals surface area contributed by atoms with Crippen LogP contribution in [0.4, 0.5) is 17.1 Å². The molecule has 0 amide bonds. The number of hydrogen-bond acceptors (Lipinski definition) is 2. The van der Waals surface area contributed by atoms with Crippen molar-refractivity contribution in [2.24, 2.45) is 0 Å². The molecule has 0 saturated heterocycles. The third-order valence-corrected chi connectivity index (χ3v) is 12.7. The number of para-hydroxylation sites is 2. The predicted molar refractivity (Wildman–Crippen MR) is 271 cm³/mol. The molecule has 0 bridgehead atoms. The number of furan rings is 1. The van der Waals surface area contributed by atoms with E-state index in [0.29, 0.717) is 0 Å². The Kier molecular flexibility index (Phi) is 9.20. The summed E-state index contributed by atoms with van der Waals surface area (Å²) < 4.78 is 6.33. The molecular weight excluding hydrogens is 775 g/mol. The fraction of sp³-hybridized carbons (Fsp3) is 0. The summed E-state index contributed by atoms with van der Waals surface area (Å²) in [6, 6.07) is 89.8. The Morgan fingerprint density at radius 1 is 0.266 bits per heavy atom. The zero-order valence-corrected chi connectivity index (χ0v) is 35.0. The number of hydrogen-bond donors (Lipinski definition) is 0. The second kappa shape index (κ2) is 15.8. The van der Waals surface area contributed by atoms with Gasteiger partial charge in [0.1, 0.15) is 11.2 Å². The summed E-state index contributed by atoms with van der Waals surface area (Å²) in [5, 5.41) is 7.13. The van der Waals surface area contributed by atoms with Crippen molar-refractivity contribution in [3.05, 3.63) is 249 Å². The molecule has 0 atom stereocenters. The highest BCUT2D eigenvalue weighted by Gasteiger charge is 2.25. The molecule has 0 spiro atoms. The van der Waals surface area contributed by atoms with Gasteiger partial charge in [-0.15, -0.1) is 0 Å². The molecule has 11 aromatic carbocycles. The minimum absolute atomic E-state index is 0.890. The lowest BCUT2D eigenvalue weighted by Gasteiger charge is -2.31. The van der Waals surface area contributed by atoms with E-state index < -0.39 is 0 Å². The Hall–Kier alpha value is -8.46. The first-order valence-corrected chi connectivity index (χ1v) is 21.9. The highest BCUT2D eigenvalue weighted by molar-refractivity contribution is 6.22. The van der Waals surface area contributed by atoms with Crippen molar-refractivity contribution < 1.29 is 4.42 Å². The Bertz CT molecular complexity index is 3570. The molecule has 64 heavy (non-hydrogen) atoms. The number of benzene rings is 11. The quantitative estimate of drug-likeness (QED) is 0.142. The van der Waals surface area contributed by atoms with Crippen molar-refractivity contribution in [1.82, 2.24) is 0 Å². The highest BCUT2D eigenvalue weighted by atomic mass is 16.3. The molecular formula is C62H41NO. The van der Waals surface area contributed by atoms with E-state index in [4.69, 9.17) is 4.42 Å². The van der Waals surface area contributed by atoms with Crippen LogP contribution in [0, 0.1) is 0 Å². The zero-order chi connectivity index (χ0) is 42.4. The van der Waals surface area contributed by atoms with E-state index in [1.807, 2.05) is 12.1 Å².